The number of ether oxygens (including phenoxy) is 1. The molecule has 2 N–H and O–H groups in total. The molecule has 1 saturated heterocycles. The number of rotatable bonds is 3. The lowest BCUT2D eigenvalue weighted by molar-refractivity contribution is 0.374. The monoisotopic (exact) mass is 235 g/mol. The minimum Gasteiger partial charge on any atom is -0.385 e. The first-order valence-electron chi connectivity index (χ1n) is 5.81. The fourth-order valence-corrected chi connectivity index (χ4v) is 2.30. The topological polar surface area (TPSA) is 63.8 Å². The average Bonchev–Trinajstić information content (AvgIpc) is 3.08. The molecule has 0 amide bonds. The summed E-state index contributed by atoms with van der Waals surface area (Å²) in [6.07, 6.45) is 5.52. The predicted octanol–water partition coefficient (Wildman–Crippen LogP) is 1.05. The lowest BCUT2D eigenvalue weighted by Crippen LogP contribution is -2.29. The summed E-state index contributed by atoms with van der Waals surface area (Å²) < 4.78 is 18.7. The van der Waals surface area contributed by atoms with Crippen molar-refractivity contribution in [3.8, 4) is 0 Å². The van der Waals surface area contributed by atoms with Gasteiger partial charge in [-0.1, -0.05) is 0 Å². The largest absolute Gasteiger partial charge is 0.385 e. The Bertz CT molecular complexity index is 463. The second-order valence-electron chi connectivity index (χ2n) is 4.54. The fraction of sp³-hybridized carbons (Fsp3) is 0.500. The van der Waals surface area contributed by atoms with Gasteiger partial charge in [-0.15, -0.1) is 0 Å². The Balaban J connectivity index is 1.62. The number of nitrogens with zero attached hydrogens (tertiary/aromatic N) is 2. The molecule has 5 heteroatoms. The highest BCUT2D eigenvalue weighted by Crippen LogP contribution is 2.33. The lowest BCUT2D eigenvalue weighted by atomic mass is 9.99. The molecule has 90 valence electrons. The molecular weight excluding hydrogens is 221 g/mol. The van der Waals surface area contributed by atoms with Gasteiger partial charge in [0.05, 0.1) is 18.3 Å². The van der Waals surface area contributed by atoms with E-state index in [1.807, 2.05) is 0 Å². The van der Waals surface area contributed by atoms with E-state index in [1.54, 1.807) is 12.3 Å². The third-order valence-corrected chi connectivity index (χ3v) is 3.31. The molecule has 1 aromatic heterocycles. The number of nitrogens with two attached hydrogens (primary N) is 1. The van der Waals surface area contributed by atoms with Crippen molar-refractivity contribution in [1.29, 1.82) is 0 Å². The zero-order valence-corrected chi connectivity index (χ0v) is 9.34. The van der Waals surface area contributed by atoms with Crippen LogP contribution in [-0.2, 0) is 11.2 Å². The Kier molecular flexibility index (Phi) is 2.55. The Morgan fingerprint density at radius 3 is 3.18 bits per heavy atom. The first-order chi connectivity index (χ1) is 8.24. The van der Waals surface area contributed by atoms with Crippen molar-refractivity contribution in [3.63, 3.8) is 0 Å². The summed E-state index contributed by atoms with van der Waals surface area (Å²) >= 11 is 0. The summed E-state index contributed by atoms with van der Waals surface area (Å²) in [5, 5.41) is 0. The minimum atomic E-state index is -0.249. The first-order valence-corrected chi connectivity index (χ1v) is 5.81. The van der Waals surface area contributed by atoms with Gasteiger partial charge in [0.25, 0.3) is 0 Å². The summed E-state index contributed by atoms with van der Waals surface area (Å²) in [5.41, 5.74) is 6.44. The second-order valence-corrected chi connectivity index (χ2v) is 4.54. The highest BCUT2D eigenvalue weighted by Gasteiger charge is 2.46. The number of pyridine rings is 1. The van der Waals surface area contributed by atoms with Crippen LogP contribution in [0.2, 0.25) is 0 Å². The van der Waals surface area contributed by atoms with Crippen molar-refractivity contribution >= 4 is 5.84 Å². The van der Waals surface area contributed by atoms with Gasteiger partial charge in [-0.05, 0) is 30.9 Å². The average molecular weight is 235 g/mol. The van der Waals surface area contributed by atoms with Crippen LogP contribution in [0.4, 0.5) is 4.39 Å². The SMILES string of the molecule is NC1=N[C@@H](CCc2ccncc2F)CC2OC12. The van der Waals surface area contributed by atoms with Crippen molar-refractivity contribution in [3.05, 3.63) is 29.8 Å². The van der Waals surface area contributed by atoms with Crippen LogP contribution in [0.5, 0.6) is 0 Å². The molecule has 0 aromatic carbocycles. The van der Waals surface area contributed by atoms with Crippen molar-refractivity contribution in [1.82, 2.24) is 4.98 Å². The maximum Gasteiger partial charge on any atom is 0.144 e. The van der Waals surface area contributed by atoms with Crippen LogP contribution in [0.25, 0.3) is 0 Å². The first kappa shape index (κ1) is 10.7. The molecule has 0 radical (unpaired) electrons. The Labute approximate surface area is 98.7 Å². The van der Waals surface area contributed by atoms with E-state index >= 15 is 0 Å². The van der Waals surface area contributed by atoms with Crippen LogP contribution in [0.3, 0.4) is 0 Å². The van der Waals surface area contributed by atoms with Gasteiger partial charge >= 0.3 is 0 Å². The summed E-state index contributed by atoms with van der Waals surface area (Å²) in [7, 11) is 0. The van der Waals surface area contributed by atoms with Crippen LogP contribution in [-0.4, -0.2) is 29.1 Å². The number of epoxide rings is 1. The number of aromatic nitrogens is 1. The highest BCUT2D eigenvalue weighted by molar-refractivity contribution is 5.88. The van der Waals surface area contributed by atoms with E-state index in [4.69, 9.17) is 10.5 Å². The van der Waals surface area contributed by atoms with Crippen molar-refractivity contribution in [2.45, 2.75) is 37.5 Å². The Morgan fingerprint density at radius 2 is 2.41 bits per heavy atom. The molecule has 0 saturated carbocycles. The molecule has 0 aliphatic carbocycles. The summed E-state index contributed by atoms with van der Waals surface area (Å²) in [4.78, 5) is 8.11. The van der Waals surface area contributed by atoms with E-state index in [0.29, 0.717) is 17.8 Å². The molecule has 2 aliphatic rings. The fourth-order valence-electron chi connectivity index (χ4n) is 2.30. The zero-order chi connectivity index (χ0) is 11.8. The number of hydrogen-bond acceptors (Lipinski definition) is 4. The molecule has 0 bridgehead atoms. The molecule has 17 heavy (non-hydrogen) atoms. The van der Waals surface area contributed by atoms with Gasteiger partial charge in [-0.25, -0.2) is 4.39 Å². The molecule has 2 unspecified atom stereocenters. The second kappa shape index (κ2) is 4.07. The van der Waals surface area contributed by atoms with Gasteiger partial charge in [0.15, 0.2) is 0 Å². The molecule has 1 fully saturated rings. The van der Waals surface area contributed by atoms with Crippen LogP contribution >= 0.6 is 0 Å². The van der Waals surface area contributed by atoms with Crippen LogP contribution < -0.4 is 5.73 Å². The van der Waals surface area contributed by atoms with Crippen molar-refractivity contribution < 1.29 is 9.13 Å². The lowest BCUT2D eigenvalue weighted by Gasteiger charge is -2.15. The summed E-state index contributed by atoms with van der Waals surface area (Å²) in [6.45, 7) is 0. The van der Waals surface area contributed by atoms with Gasteiger partial charge in [0.1, 0.15) is 17.8 Å². The van der Waals surface area contributed by atoms with Gasteiger partial charge in [-0.3, -0.25) is 9.98 Å². The molecule has 1 aromatic rings. The predicted molar refractivity (Wildman–Crippen MR) is 61.2 cm³/mol. The van der Waals surface area contributed by atoms with Crippen LogP contribution in [0.1, 0.15) is 18.4 Å². The van der Waals surface area contributed by atoms with Crippen molar-refractivity contribution in [2.75, 3.05) is 0 Å². The number of fused-ring (bicyclic) bond motifs is 1. The van der Waals surface area contributed by atoms with E-state index in [2.05, 4.69) is 9.98 Å². The number of hydrogen-bond donors (Lipinski definition) is 1. The summed E-state index contributed by atoms with van der Waals surface area (Å²) in [6, 6.07) is 1.87. The molecule has 4 nitrogen and oxygen atoms in total. The van der Waals surface area contributed by atoms with Gasteiger partial charge in [0.2, 0.25) is 0 Å². The molecule has 3 atom stereocenters. The van der Waals surface area contributed by atoms with E-state index in [-0.39, 0.29) is 24.1 Å². The normalized spacial score (nSPS) is 30.6. The highest BCUT2D eigenvalue weighted by atomic mass is 19.1. The molecule has 3 rings (SSSR count). The number of amidine groups is 1. The maximum atomic E-state index is 13.4. The van der Waals surface area contributed by atoms with Gasteiger partial charge < -0.3 is 10.5 Å². The third-order valence-electron chi connectivity index (χ3n) is 3.31. The van der Waals surface area contributed by atoms with Gasteiger partial charge in [0, 0.05) is 6.20 Å². The Hall–Kier alpha value is -1.49. The zero-order valence-electron chi connectivity index (χ0n) is 9.34. The molecular formula is C12H14FN3O. The maximum absolute atomic E-state index is 13.4. The van der Waals surface area contributed by atoms with Crippen molar-refractivity contribution in [2.24, 2.45) is 10.7 Å². The van der Waals surface area contributed by atoms with E-state index in [9.17, 15) is 4.39 Å². The molecule has 3 heterocycles. The quantitative estimate of drug-likeness (QED) is 0.796. The third kappa shape index (κ3) is 2.15. The van der Waals surface area contributed by atoms with E-state index < -0.39 is 0 Å². The van der Waals surface area contributed by atoms with E-state index in [1.165, 1.54) is 6.20 Å². The molecule has 0 spiro atoms. The number of aryl methyl sites for hydroxylation is 1. The minimum absolute atomic E-state index is 0.0592. The standard InChI is InChI=1S/C12H14FN3O/c13-9-6-15-4-3-7(9)1-2-8-5-10-11(17-10)12(14)16-8/h3-4,6,8,10-11H,1-2,5H2,(H2,14,16)/t8-,10?,11?/m0/s1. The number of aliphatic imine (C=N–C) groups is 1. The number of halogens is 1. The Morgan fingerprint density at radius 1 is 1.53 bits per heavy atom. The smallest absolute Gasteiger partial charge is 0.144 e. The van der Waals surface area contributed by atoms with Crippen LogP contribution in [0, 0.1) is 5.82 Å². The van der Waals surface area contributed by atoms with E-state index in [0.717, 1.165) is 12.8 Å². The van der Waals surface area contributed by atoms with Crippen LogP contribution in [0.15, 0.2) is 23.5 Å². The van der Waals surface area contributed by atoms with Gasteiger partial charge in [-0.2, -0.15) is 0 Å². The summed E-state index contributed by atoms with van der Waals surface area (Å²) in [5.74, 6) is 0.349. The molecule has 2 aliphatic heterocycles.